The molecule has 0 saturated heterocycles. The van der Waals surface area contributed by atoms with Crippen LogP contribution >= 0.6 is 0 Å². The first-order chi connectivity index (χ1) is 7.10. The molecule has 0 spiro atoms. The maximum absolute atomic E-state index is 11.4. The number of carbonyl (C=O) groups excluding carboxylic acids is 1. The first-order valence-electron chi connectivity index (χ1n) is 5.87. The third kappa shape index (κ3) is 11.5. The van der Waals surface area contributed by atoms with Gasteiger partial charge in [0.25, 0.3) is 0 Å². The standard InChI is InChI=1S/C12H27N3O/c1-11(2,3)14-8-7-13-9-10(16)15-12(4,5)6/h13-14H,7-9H2,1-6H3,(H,15,16). The summed E-state index contributed by atoms with van der Waals surface area (Å²) in [5.74, 6) is 0.0447. The van der Waals surface area contributed by atoms with Crippen LogP contribution in [0.15, 0.2) is 0 Å². The lowest BCUT2D eigenvalue weighted by atomic mass is 10.1. The van der Waals surface area contributed by atoms with E-state index in [0.29, 0.717) is 6.54 Å². The molecule has 1 amide bonds. The minimum atomic E-state index is -0.150. The van der Waals surface area contributed by atoms with Crippen LogP contribution in [-0.4, -0.2) is 36.6 Å². The minimum absolute atomic E-state index is 0.0447. The Labute approximate surface area is 99.6 Å². The van der Waals surface area contributed by atoms with Gasteiger partial charge >= 0.3 is 0 Å². The second-order valence-corrected chi connectivity index (χ2v) is 6.15. The summed E-state index contributed by atoms with van der Waals surface area (Å²) in [6.45, 7) is 14.4. The van der Waals surface area contributed by atoms with Gasteiger partial charge in [-0.3, -0.25) is 4.79 Å². The van der Waals surface area contributed by atoms with Crippen LogP contribution in [0, 0.1) is 0 Å². The molecule has 16 heavy (non-hydrogen) atoms. The Bertz CT molecular complexity index is 213. The SMILES string of the molecule is CC(C)(C)NCCNCC(=O)NC(C)(C)C. The molecule has 0 aromatic rings. The van der Waals surface area contributed by atoms with Crippen molar-refractivity contribution < 1.29 is 4.79 Å². The van der Waals surface area contributed by atoms with Crippen LogP contribution in [0.25, 0.3) is 0 Å². The zero-order chi connectivity index (χ0) is 12.8. The minimum Gasteiger partial charge on any atom is -0.350 e. The van der Waals surface area contributed by atoms with Crippen LogP contribution in [-0.2, 0) is 4.79 Å². The molecule has 0 bridgehead atoms. The topological polar surface area (TPSA) is 53.2 Å². The Balaban J connectivity index is 3.50. The lowest BCUT2D eigenvalue weighted by Crippen LogP contribution is -2.46. The van der Waals surface area contributed by atoms with Gasteiger partial charge in [0.2, 0.25) is 5.91 Å². The van der Waals surface area contributed by atoms with Crippen molar-refractivity contribution in [3.8, 4) is 0 Å². The van der Waals surface area contributed by atoms with Crippen molar-refractivity contribution in [2.75, 3.05) is 19.6 Å². The quantitative estimate of drug-likeness (QED) is 0.613. The highest BCUT2D eigenvalue weighted by molar-refractivity contribution is 5.78. The van der Waals surface area contributed by atoms with Crippen LogP contribution in [0.2, 0.25) is 0 Å². The predicted octanol–water partition coefficient (Wildman–Crippen LogP) is 0.879. The number of amides is 1. The van der Waals surface area contributed by atoms with Gasteiger partial charge in [-0.2, -0.15) is 0 Å². The third-order valence-corrected chi connectivity index (χ3v) is 1.76. The summed E-state index contributed by atoms with van der Waals surface area (Å²) in [5.41, 5.74) is -0.0161. The van der Waals surface area contributed by atoms with Crippen molar-refractivity contribution >= 4 is 5.91 Å². The van der Waals surface area contributed by atoms with Crippen molar-refractivity contribution in [2.24, 2.45) is 0 Å². The summed E-state index contributed by atoms with van der Waals surface area (Å²) in [6, 6.07) is 0. The lowest BCUT2D eigenvalue weighted by Gasteiger charge is -2.22. The number of carbonyl (C=O) groups is 1. The van der Waals surface area contributed by atoms with Crippen LogP contribution in [0.1, 0.15) is 41.5 Å². The van der Waals surface area contributed by atoms with E-state index in [1.807, 2.05) is 20.8 Å². The fraction of sp³-hybridized carbons (Fsp3) is 0.917. The largest absolute Gasteiger partial charge is 0.350 e. The number of hydrogen-bond acceptors (Lipinski definition) is 3. The molecule has 0 aromatic carbocycles. The van der Waals surface area contributed by atoms with Gasteiger partial charge in [-0.25, -0.2) is 0 Å². The summed E-state index contributed by atoms with van der Waals surface area (Å²) < 4.78 is 0. The van der Waals surface area contributed by atoms with Crippen LogP contribution < -0.4 is 16.0 Å². The number of hydrogen-bond donors (Lipinski definition) is 3. The Morgan fingerprint density at radius 3 is 1.94 bits per heavy atom. The molecule has 0 atom stereocenters. The second-order valence-electron chi connectivity index (χ2n) is 6.15. The average molecular weight is 229 g/mol. The fourth-order valence-electron chi connectivity index (χ4n) is 1.19. The number of nitrogens with one attached hydrogen (secondary N) is 3. The first-order valence-corrected chi connectivity index (χ1v) is 5.87. The Hall–Kier alpha value is -0.610. The molecule has 3 N–H and O–H groups in total. The molecule has 0 fully saturated rings. The highest BCUT2D eigenvalue weighted by atomic mass is 16.2. The molecule has 0 heterocycles. The molecule has 0 saturated carbocycles. The highest BCUT2D eigenvalue weighted by Crippen LogP contribution is 1.97. The molecule has 0 radical (unpaired) electrons. The van der Waals surface area contributed by atoms with E-state index in [2.05, 4.69) is 36.7 Å². The smallest absolute Gasteiger partial charge is 0.234 e. The molecule has 0 aliphatic carbocycles. The van der Waals surface area contributed by atoms with E-state index >= 15 is 0 Å². The zero-order valence-electron chi connectivity index (χ0n) is 11.5. The van der Waals surface area contributed by atoms with Crippen molar-refractivity contribution in [1.82, 2.24) is 16.0 Å². The molecule has 0 aliphatic rings. The van der Waals surface area contributed by atoms with Crippen molar-refractivity contribution in [3.63, 3.8) is 0 Å². The summed E-state index contributed by atoms with van der Waals surface area (Å²) in [6.07, 6.45) is 0. The second kappa shape index (κ2) is 6.21. The van der Waals surface area contributed by atoms with Crippen LogP contribution in [0.4, 0.5) is 0 Å². The van der Waals surface area contributed by atoms with E-state index in [4.69, 9.17) is 0 Å². The van der Waals surface area contributed by atoms with Crippen molar-refractivity contribution in [1.29, 1.82) is 0 Å². The van der Waals surface area contributed by atoms with E-state index in [0.717, 1.165) is 13.1 Å². The maximum atomic E-state index is 11.4. The molecule has 4 nitrogen and oxygen atoms in total. The maximum Gasteiger partial charge on any atom is 0.234 e. The summed E-state index contributed by atoms with van der Waals surface area (Å²) in [7, 11) is 0. The van der Waals surface area contributed by atoms with Gasteiger partial charge in [0, 0.05) is 24.2 Å². The normalized spacial score (nSPS) is 12.6. The molecule has 0 aliphatic heterocycles. The van der Waals surface area contributed by atoms with Crippen LogP contribution in [0.5, 0.6) is 0 Å². The van der Waals surface area contributed by atoms with Gasteiger partial charge in [-0.05, 0) is 41.5 Å². The first kappa shape index (κ1) is 15.4. The molecular weight excluding hydrogens is 202 g/mol. The zero-order valence-corrected chi connectivity index (χ0v) is 11.5. The third-order valence-electron chi connectivity index (χ3n) is 1.76. The van der Waals surface area contributed by atoms with E-state index in [-0.39, 0.29) is 17.0 Å². The van der Waals surface area contributed by atoms with Gasteiger partial charge < -0.3 is 16.0 Å². The van der Waals surface area contributed by atoms with Gasteiger partial charge in [-0.15, -0.1) is 0 Å². The highest BCUT2D eigenvalue weighted by Gasteiger charge is 2.13. The molecule has 0 rings (SSSR count). The van der Waals surface area contributed by atoms with Crippen LogP contribution in [0.3, 0.4) is 0 Å². The summed E-state index contributed by atoms with van der Waals surface area (Å²) in [4.78, 5) is 11.4. The number of rotatable bonds is 5. The van der Waals surface area contributed by atoms with Gasteiger partial charge in [-0.1, -0.05) is 0 Å². The molecular formula is C12H27N3O. The Kier molecular flexibility index (Phi) is 5.97. The van der Waals surface area contributed by atoms with E-state index in [1.54, 1.807) is 0 Å². The molecule has 96 valence electrons. The average Bonchev–Trinajstić information content (AvgIpc) is 1.97. The fourth-order valence-corrected chi connectivity index (χ4v) is 1.19. The summed E-state index contributed by atoms with van der Waals surface area (Å²) >= 11 is 0. The van der Waals surface area contributed by atoms with E-state index in [9.17, 15) is 4.79 Å². The summed E-state index contributed by atoms with van der Waals surface area (Å²) in [5, 5.41) is 9.36. The Morgan fingerprint density at radius 1 is 0.938 bits per heavy atom. The molecule has 4 heteroatoms. The van der Waals surface area contributed by atoms with Crippen molar-refractivity contribution in [2.45, 2.75) is 52.6 Å². The van der Waals surface area contributed by atoms with Gasteiger partial charge in [0.05, 0.1) is 6.54 Å². The molecule has 0 aromatic heterocycles. The van der Waals surface area contributed by atoms with E-state index in [1.165, 1.54) is 0 Å². The monoisotopic (exact) mass is 229 g/mol. The Morgan fingerprint density at radius 2 is 1.50 bits per heavy atom. The lowest BCUT2D eigenvalue weighted by molar-refractivity contribution is -0.121. The predicted molar refractivity (Wildman–Crippen MR) is 68.5 cm³/mol. The van der Waals surface area contributed by atoms with Gasteiger partial charge in [0.15, 0.2) is 0 Å². The van der Waals surface area contributed by atoms with Gasteiger partial charge in [0.1, 0.15) is 0 Å². The van der Waals surface area contributed by atoms with Crippen molar-refractivity contribution in [3.05, 3.63) is 0 Å². The molecule has 0 unspecified atom stereocenters. The van der Waals surface area contributed by atoms with E-state index < -0.39 is 0 Å².